The minimum absolute atomic E-state index is 0.247. The third kappa shape index (κ3) is 6.03. The molecule has 144 valence electrons. The molecule has 0 saturated carbocycles. The second-order valence-electron chi connectivity index (χ2n) is 6.00. The molecule has 0 radical (unpaired) electrons. The number of methoxy groups -OCH3 is 2. The number of carbonyl (C=O) groups excluding carboxylic acids is 2. The highest BCUT2D eigenvalue weighted by atomic mass is 32.2. The molecule has 0 amide bonds. The molecule has 0 saturated heterocycles. The number of esters is 1. The van der Waals surface area contributed by atoms with Crippen LogP contribution in [0.3, 0.4) is 0 Å². The van der Waals surface area contributed by atoms with Crippen molar-refractivity contribution in [2.24, 2.45) is 0 Å². The molecule has 0 spiro atoms. The molecule has 27 heavy (non-hydrogen) atoms. The average molecular weight is 388 g/mol. The molecule has 0 fully saturated rings. The molecule has 6 heteroatoms. The predicted octanol–water partition coefficient (Wildman–Crippen LogP) is 4.23. The Morgan fingerprint density at radius 1 is 0.926 bits per heavy atom. The van der Waals surface area contributed by atoms with Crippen molar-refractivity contribution in [2.45, 2.75) is 25.2 Å². The summed E-state index contributed by atoms with van der Waals surface area (Å²) >= 11 is 1.60. The second kappa shape index (κ2) is 10.0. The largest absolute Gasteiger partial charge is 0.493 e. The summed E-state index contributed by atoms with van der Waals surface area (Å²) in [6, 6.07) is 11.0. The van der Waals surface area contributed by atoms with E-state index in [1.165, 1.54) is 25.3 Å². The summed E-state index contributed by atoms with van der Waals surface area (Å²) in [6.07, 6.45) is 0.247. The fourth-order valence-electron chi connectivity index (χ4n) is 2.37. The smallest absolute Gasteiger partial charge is 0.307 e. The lowest BCUT2D eigenvalue weighted by Crippen LogP contribution is -2.14. The van der Waals surface area contributed by atoms with Gasteiger partial charge in [0.2, 0.25) is 0 Å². The van der Waals surface area contributed by atoms with Gasteiger partial charge in [-0.3, -0.25) is 9.59 Å². The molecule has 0 aliphatic heterocycles. The molecule has 2 aromatic rings. The Morgan fingerprint density at radius 3 is 2.33 bits per heavy atom. The van der Waals surface area contributed by atoms with Crippen LogP contribution < -0.4 is 9.47 Å². The maximum absolute atomic E-state index is 12.2. The summed E-state index contributed by atoms with van der Waals surface area (Å²) in [7, 11) is 3.02. The van der Waals surface area contributed by atoms with E-state index in [0.717, 1.165) is 4.90 Å². The first-order valence-corrected chi connectivity index (χ1v) is 9.54. The highest BCUT2D eigenvalue weighted by Gasteiger charge is 2.13. The number of hydrogen-bond donors (Lipinski definition) is 0. The Balaban J connectivity index is 1.79. The first-order chi connectivity index (χ1) is 12.9. The molecule has 0 aliphatic rings. The predicted molar refractivity (Wildman–Crippen MR) is 106 cm³/mol. The van der Waals surface area contributed by atoms with Gasteiger partial charge >= 0.3 is 5.97 Å². The van der Waals surface area contributed by atoms with Gasteiger partial charge in [0.15, 0.2) is 23.9 Å². The van der Waals surface area contributed by atoms with Crippen molar-refractivity contribution >= 4 is 23.5 Å². The van der Waals surface area contributed by atoms with Gasteiger partial charge in [0.1, 0.15) is 0 Å². The van der Waals surface area contributed by atoms with E-state index in [9.17, 15) is 9.59 Å². The van der Waals surface area contributed by atoms with Crippen LogP contribution in [0.2, 0.25) is 0 Å². The number of aryl methyl sites for hydroxylation is 2. The Hall–Kier alpha value is -2.47. The lowest BCUT2D eigenvalue weighted by molar-refractivity contribution is -0.141. The number of thioether (sulfide) groups is 1. The molecule has 0 unspecified atom stereocenters. The van der Waals surface area contributed by atoms with Crippen molar-refractivity contribution in [3.8, 4) is 11.5 Å². The van der Waals surface area contributed by atoms with Gasteiger partial charge in [0.05, 0.1) is 20.6 Å². The summed E-state index contributed by atoms with van der Waals surface area (Å²) in [5.74, 6) is 0.923. The van der Waals surface area contributed by atoms with Crippen LogP contribution in [-0.4, -0.2) is 38.3 Å². The molecule has 0 N–H and O–H groups in total. The van der Waals surface area contributed by atoms with Crippen LogP contribution in [-0.2, 0) is 9.53 Å². The van der Waals surface area contributed by atoms with E-state index in [1.807, 2.05) is 6.07 Å². The molecule has 0 aliphatic carbocycles. The Bertz CT molecular complexity index is 816. The SMILES string of the molecule is COc1ccc(C(=O)COC(=O)CCSc2ccc(C)c(C)c2)cc1OC. The lowest BCUT2D eigenvalue weighted by Gasteiger charge is -2.09. The number of rotatable bonds is 9. The van der Waals surface area contributed by atoms with E-state index in [0.29, 0.717) is 22.8 Å². The van der Waals surface area contributed by atoms with Crippen LogP contribution in [0.4, 0.5) is 0 Å². The summed E-state index contributed by atoms with van der Waals surface area (Å²) in [5, 5.41) is 0. The molecule has 0 heterocycles. The highest BCUT2D eigenvalue weighted by Crippen LogP contribution is 2.27. The summed E-state index contributed by atoms with van der Waals surface area (Å²) in [4.78, 5) is 25.2. The van der Waals surface area contributed by atoms with Crippen molar-refractivity contribution < 1.29 is 23.8 Å². The van der Waals surface area contributed by atoms with Crippen molar-refractivity contribution in [1.82, 2.24) is 0 Å². The van der Waals surface area contributed by atoms with Crippen LogP contribution in [0.25, 0.3) is 0 Å². The first-order valence-electron chi connectivity index (χ1n) is 8.55. The summed E-state index contributed by atoms with van der Waals surface area (Å²) in [5.41, 5.74) is 2.88. The lowest BCUT2D eigenvalue weighted by atomic mass is 10.1. The van der Waals surface area contributed by atoms with E-state index >= 15 is 0 Å². The third-order valence-electron chi connectivity index (χ3n) is 4.12. The van der Waals surface area contributed by atoms with Crippen LogP contribution >= 0.6 is 11.8 Å². The van der Waals surface area contributed by atoms with Gasteiger partial charge in [-0.1, -0.05) is 6.07 Å². The van der Waals surface area contributed by atoms with E-state index in [4.69, 9.17) is 14.2 Å². The topological polar surface area (TPSA) is 61.8 Å². The van der Waals surface area contributed by atoms with E-state index in [2.05, 4.69) is 26.0 Å². The van der Waals surface area contributed by atoms with Crippen molar-refractivity contribution in [1.29, 1.82) is 0 Å². The van der Waals surface area contributed by atoms with Gasteiger partial charge < -0.3 is 14.2 Å². The second-order valence-corrected chi connectivity index (χ2v) is 7.17. The number of Topliss-reactive ketones (excluding diaryl/α,β-unsaturated/α-hetero) is 1. The van der Waals surface area contributed by atoms with Crippen molar-refractivity contribution in [2.75, 3.05) is 26.6 Å². The Kier molecular flexibility index (Phi) is 7.73. The Labute approximate surface area is 164 Å². The van der Waals surface area contributed by atoms with Crippen molar-refractivity contribution in [3.05, 3.63) is 53.1 Å². The number of ether oxygens (including phenoxy) is 3. The minimum atomic E-state index is -0.389. The average Bonchev–Trinajstić information content (AvgIpc) is 2.68. The van der Waals surface area contributed by atoms with Gasteiger partial charge in [-0.05, 0) is 55.3 Å². The zero-order chi connectivity index (χ0) is 19.8. The van der Waals surface area contributed by atoms with Crippen LogP contribution in [0.5, 0.6) is 11.5 Å². The first kappa shape index (κ1) is 20.8. The van der Waals surface area contributed by atoms with Gasteiger partial charge in [0.25, 0.3) is 0 Å². The molecule has 2 aromatic carbocycles. The van der Waals surface area contributed by atoms with Gasteiger partial charge in [-0.2, -0.15) is 0 Å². The molecule has 5 nitrogen and oxygen atoms in total. The van der Waals surface area contributed by atoms with Crippen LogP contribution in [0, 0.1) is 13.8 Å². The summed E-state index contributed by atoms with van der Waals surface area (Å²) in [6.45, 7) is 3.84. The van der Waals surface area contributed by atoms with E-state index in [-0.39, 0.29) is 24.8 Å². The maximum Gasteiger partial charge on any atom is 0.307 e. The zero-order valence-corrected chi connectivity index (χ0v) is 16.9. The maximum atomic E-state index is 12.2. The molecule has 2 rings (SSSR count). The standard InChI is InChI=1S/C21H24O5S/c1-14-5-7-17(11-15(14)2)27-10-9-21(23)26-13-18(22)16-6-8-19(24-3)20(12-16)25-4/h5-8,11-12H,9-10,13H2,1-4H3. The third-order valence-corrected chi connectivity index (χ3v) is 5.12. The Morgan fingerprint density at radius 2 is 1.67 bits per heavy atom. The number of carbonyl (C=O) groups is 2. The number of ketones is 1. The molecule has 0 atom stereocenters. The highest BCUT2D eigenvalue weighted by molar-refractivity contribution is 7.99. The summed E-state index contributed by atoms with van der Waals surface area (Å²) < 4.78 is 15.4. The van der Waals surface area contributed by atoms with Gasteiger partial charge in [0, 0.05) is 16.2 Å². The fourth-order valence-corrected chi connectivity index (χ4v) is 3.30. The monoisotopic (exact) mass is 388 g/mol. The van der Waals surface area contributed by atoms with E-state index in [1.54, 1.807) is 30.0 Å². The van der Waals surface area contributed by atoms with Crippen LogP contribution in [0.1, 0.15) is 27.9 Å². The normalized spacial score (nSPS) is 10.4. The molecular formula is C21H24O5S. The quantitative estimate of drug-likeness (QED) is 0.364. The molecule has 0 bridgehead atoms. The minimum Gasteiger partial charge on any atom is -0.493 e. The number of hydrogen-bond acceptors (Lipinski definition) is 6. The van der Waals surface area contributed by atoms with Gasteiger partial charge in [-0.15, -0.1) is 11.8 Å². The van der Waals surface area contributed by atoms with Gasteiger partial charge in [-0.25, -0.2) is 0 Å². The van der Waals surface area contributed by atoms with Crippen LogP contribution in [0.15, 0.2) is 41.3 Å². The molecule has 0 aromatic heterocycles. The fraction of sp³-hybridized carbons (Fsp3) is 0.333. The zero-order valence-electron chi connectivity index (χ0n) is 16.0. The van der Waals surface area contributed by atoms with Crippen molar-refractivity contribution in [3.63, 3.8) is 0 Å². The number of benzene rings is 2. The molecular weight excluding hydrogens is 364 g/mol. The van der Waals surface area contributed by atoms with E-state index < -0.39 is 0 Å².